The zero-order chi connectivity index (χ0) is 37.9. The van der Waals surface area contributed by atoms with Crippen molar-refractivity contribution < 1.29 is 104 Å². The number of amides is 2. The minimum absolute atomic E-state index is 0.667. The first kappa shape index (κ1) is 41.9. The van der Waals surface area contributed by atoms with Crippen molar-refractivity contribution in [1.82, 2.24) is 10.6 Å². The molecule has 14 N–H and O–H groups in total. The van der Waals surface area contributed by atoms with Crippen molar-refractivity contribution in [2.45, 2.75) is 137 Å². The molecule has 4 heterocycles. The highest BCUT2D eigenvalue weighted by atomic mass is 16.8. The molecule has 4 saturated heterocycles. The Kier molecular flexibility index (Phi) is 14.8. The summed E-state index contributed by atoms with van der Waals surface area (Å²) in [5.74, 6) is -1.43. The van der Waals surface area contributed by atoms with Gasteiger partial charge in [0, 0.05) is 13.8 Å². The second-order valence-corrected chi connectivity index (χ2v) is 12.6. The summed E-state index contributed by atoms with van der Waals surface area (Å²) >= 11 is 0. The van der Waals surface area contributed by atoms with Crippen molar-refractivity contribution in [3.8, 4) is 0 Å². The third-order valence-electron chi connectivity index (χ3n) is 9.01. The van der Waals surface area contributed by atoms with E-state index in [0.29, 0.717) is 0 Å². The van der Waals surface area contributed by atoms with Crippen LogP contribution in [0.15, 0.2) is 0 Å². The predicted molar refractivity (Wildman–Crippen MR) is 157 cm³/mol. The molecule has 51 heavy (non-hydrogen) atoms. The Bertz CT molecular complexity index is 1140. The number of aliphatic hydroxyl groups excluding tert-OH is 12. The Morgan fingerprint density at radius 3 is 1.39 bits per heavy atom. The van der Waals surface area contributed by atoms with Crippen LogP contribution in [0.2, 0.25) is 0 Å². The average Bonchev–Trinajstić information content (AvgIpc) is 3.09. The van der Waals surface area contributed by atoms with Gasteiger partial charge in [-0.05, 0) is 0 Å². The van der Waals surface area contributed by atoms with Crippen LogP contribution in [0.5, 0.6) is 0 Å². The van der Waals surface area contributed by atoms with E-state index in [2.05, 4.69) is 10.6 Å². The number of hydrogen-bond acceptors (Lipinski definition) is 21. The number of ether oxygens (including phenoxy) is 7. The first-order valence-electron chi connectivity index (χ1n) is 16.1. The van der Waals surface area contributed by atoms with Gasteiger partial charge in [-0.15, -0.1) is 0 Å². The maximum absolute atomic E-state index is 12.2. The summed E-state index contributed by atoms with van der Waals surface area (Å²) in [6, 6.07) is -3.09. The summed E-state index contributed by atoms with van der Waals surface area (Å²) in [6.07, 6.45) is -31.4. The third-order valence-corrected chi connectivity index (χ3v) is 9.01. The maximum Gasteiger partial charge on any atom is 0.217 e. The van der Waals surface area contributed by atoms with Gasteiger partial charge in [0.25, 0.3) is 0 Å². The number of hydrogen-bond donors (Lipinski definition) is 14. The zero-order valence-electron chi connectivity index (χ0n) is 27.4. The van der Waals surface area contributed by atoms with Crippen molar-refractivity contribution in [3.05, 3.63) is 0 Å². The van der Waals surface area contributed by atoms with Crippen molar-refractivity contribution in [3.63, 3.8) is 0 Å². The summed E-state index contributed by atoms with van der Waals surface area (Å²) in [7, 11) is 0. The molecule has 4 aliphatic rings. The molecule has 2 amide bonds. The molecule has 0 aromatic rings. The topological polar surface area (TPSA) is 366 Å². The van der Waals surface area contributed by atoms with Crippen LogP contribution < -0.4 is 10.6 Å². The lowest BCUT2D eigenvalue weighted by Crippen LogP contribution is -2.70. The van der Waals surface area contributed by atoms with Crippen LogP contribution in [0.4, 0.5) is 0 Å². The van der Waals surface area contributed by atoms with Gasteiger partial charge >= 0.3 is 0 Å². The fraction of sp³-hybridized carbons (Fsp3) is 0.929. The first-order chi connectivity index (χ1) is 24.1. The molecule has 4 rings (SSSR count). The molecule has 296 valence electrons. The molecule has 23 nitrogen and oxygen atoms in total. The van der Waals surface area contributed by atoms with E-state index in [1.54, 1.807) is 0 Å². The van der Waals surface area contributed by atoms with Crippen LogP contribution in [0, 0.1) is 0 Å². The Morgan fingerprint density at radius 2 is 0.882 bits per heavy atom. The lowest BCUT2D eigenvalue weighted by Gasteiger charge is -2.50. The summed E-state index contributed by atoms with van der Waals surface area (Å²) in [5, 5.41) is 130. The molecule has 0 unspecified atom stereocenters. The fourth-order valence-corrected chi connectivity index (χ4v) is 6.35. The van der Waals surface area contributed by atoms with Crippen LogP contribution in [0.1, 0.15) is 13.8 Å². The van der Waals surface area contributed by atoms with Gasteiger partial charge in [0.05, 0.1) is 26.4 Å². The number of carbonyl (C=O) groups excluding carboxylic acids is 2. The molecular formula is C28H48N2O21. The van der Waals surface area contributed by atoms with E-state index in [1.165, 1.54) is 0 Å². The predicted octanol–water partition coefficient (Wildman–Crippen LogP) is -9.46. The zero-order valence-corrected chi connectivity index (χ0v) is 27.4. The molecule has 0 radical (unpaired) electrons. The Labute approximate surface area is 289 Å². The SMILES string of the molecule is CC(=O)N[C@@H]1[C@@H](O)[C@H](O[C@@H]2O[C@H](CO)[C@H](O)[C@H](O[C@@H]3O[C@H](CO)[C@@H](O[C@H]4O[C@H](CO)[C@H](O)[C@H](O)[C@H]4O)[C@H](O)[C@H]3NC(C)=O)[C@H]2O)[C@@H](CO)O[C@H]1O. The van der Waals surface area contributed by atoms with E-state index in [1.807, 2.05) is 0 Å². The molecule has 0 aromatic heterocycles. The highest BCUT2D eigenvalue weighted by molar-refractivity contribution is 5.73. The van der Waals surface area contributed by atoms with E-state index in [-0.39, 0.29) is 0 Å². The molecule has 0 saturated carbocycles. The monoisotopic (exact) mass is 748 g/mol. The van der Waals surface area contributed by atoms with Gasteiger partial charge in [0.1, 0.15) is 97.5 Å². The van der Waals surface area contributed by atoms with E-state index >= 15 is 0 Å². The quantitative estimate of drug-likeness (QED) is 0.0881. The van der Waals surface area contributed by atoms with E-state index in [4.69, 9.17) is 33.2 Å². The van der Waals surface area contributed by atoms with Gasteiger partial charge in [0.2, 0.25) is 11.8 Å². The number of carbonyl (C=O) groups is 2. The largest absolute Gasteiger partial charge is 0.394 e. The van der Waals surface area contributed by atoms with Gasteiger partial charge in [-0.1, -0.05) is 0 Å². The van der Waals surface area contributed by atoms with Crippen LogP contribution in [0.3, 0.4) is 0 Å². The van der Waals surface area contributed by atoms with Gasteiger partial charge in [-0.3, -0.25) is 9.59 Å². The van der Waals surface area contributed by atoms with Crippen molar-refractivity contribution in [1.29, 1.82) is 0 Å². The summed E-state index contributed by atoms with van der Waals surface area (Å²) < 4.78 is 39.1. The van der Waals surface area contributed by atoms with Crippen molar-refractivity contribution in [2.24, 2.45) is 0 Å². The van der Waals surface area contributed by atoms with Crippen LogP contribution in [0.25, 0.3) is 0 Å². The molecule has 23 heteroatoms. The minimum Gasteiger partial charge on any atom is -0.394 e. The smallest absolute Gasteiger partial charge is 0.217 e. The molecule has 4 fully saturated rings. The molecule has 0 aromatic carbocycles. The molecule has 0 aliphatic carbocycles. The Morgan fingerprint density at radius 1 is 0.471 bits per heavy atom. The van der Waals surface area contributed by atoms with E-state index in [9.17, 15) is 70.9 Å². The van der Waals surface area contributed by atoms with Gasteiger partial charge in [-0.25, -0.2) is 0 Å². The second kappa shape index (κ2) is 18.0. The molecule has 0 bridgehead atoms. The van der Waals surface area contributed by atoms with E-state index < -0.39 is 161 Å². The average molecular weight is 749 g/mol. The standard InChI is InChI=1S/C28H48N2O21/c1-7(35)29-13-17(39)22(11(5-33)45-25(13)44)50-28-21(43)24(16(38)10(4-32)47-28)51-26-14(30-8(2)36)18(40)23(12(6-34)48-26)49-27-20(42)19(41)15(37)9(3-31)46-27/h9-28,31-34,37-44H,3-6H2,1-2H3,(H,29,35)(H,30,36)/t9-,10-,11-,12-,13-,14-,15+,16+,17-,18-,19+,20-,21-,22-,23-,24+,25-,26+,27-,28+/m1/s1. The molecular weight excluding hydrogens is 700 g/mol. The minimum atomic E-state index is -2.03. The van der Waals surface area contributed by atoms with E-state index in [0.717, 1.165) is 13.8 Å². The van der Waals surface area contributed by atoms with Gasteiger partial charge in [-0.2, -0.15) is 0 Å². The normalized spacial score (nSPS) is 47.8. The highest BCUT2D eigenvalue weighted by Gasteiger charge is 2.55. The highest BCUT2D eigenvalue weighted by Crippen LogP contribution is 2.34. The summed E-state index contributed by atoms with van der Waals surface area (Å²) in [6.45, 7) is -1.30. The Balaban J connectivity index is 1.57. The second-order valence-electron chi connectivity index (χ2n) is 12.6. The van der Waals surface area contributed by atoms with Crippen LogP contribution >= 0.6 is 0 Å². The summed E-state index contributed by atoms with van der Waals surface area (Å²) in [5.41, 5.74) is 0. The lowest BCUT2D eigenvalue weighted by atomic mass is 9.94. The third kappa shape index (κ3) is 9.11. The Hall–Kier alpha value is -1.82. The van der Waals surface area contributed by atoms with Crippen LogP contribution in [-0.2, 0) is 42.7 Å². The number of nitrogens with one attached hydrogen (secondary N) is 2. The van der Waals surface area contributed by atoms with Gasteiger partial charge in [0.15, 0.2) is 25.2 Å². The fourth-order valence-electron chi connectivity index (χ4n) is 6.35. The number of rotatable bonds is 12. The molecule has 0 spiro atoms. The molecule has 20 atom stereocenters. The van der Waals surface area contributed by atoms with Gasteiger partial charge < -0.3 is 105 Å². The number of aliphatic hydroxyl groups is 12. The maximum atomic E-state index is 12.2. The van der Waals surface area contributed by atoms with Crippen LogP contribution in [-0.4, -0.2) is 222 Å². The van der Waals surface area contributed by atoms with Crippen molar-refractivity contribution >= 4 is 11.8 Å². The first-order valence-corrected chi connectivity index (χ1v) is 16.1. The summed E-state index contributed by atoms with van der Waals surface area (Å²) in [4.78, 5) is 23.9. The van der Waals surface area contributed by atoms with Crippen molar-refractivity contribution in [2.75, 3.05) is 26.4 Å². The molecule has 4 aliphatic heterocycles. The lowest BCUT2D eigenvalue weighted by molar-refractivity contribution is -0.377.